The summed E-state index contributed by atoms with van der Waals surface area (Å²) in [6, 6.07) is 7.85. The Kier molecular flexibility index (Phi) is 7.58. The fourth-order valence-electron chi connectivity index (χ4n) is 2.42. The van der Waals surface area contributed by atoms with Crippen molar-refractivity contribution >= 4 is 23.0 Å². The Hall–Kier alpha value is -1.37. The number of hydrogen-bond donors (Lipinski definition) is 2. The summed E-state index contributed by atoms with van der Waals surface area (Å²) in [7, 11) is 0. The number of anilines is 1. The number of nitrogens with one attached hydrogen (secondary N) is 2. The SMILES string of the molecule is CC(C)Oc1cccc(NC(=S)NCCCN2CCOCC2)c1. The molecule has 0 bridgehead atoms. The van der Waals surface area contributed by atoms with E-state index in [2.05, 4.69) is 15.5 Å². The molecule has 0 saturated carbocycles. The van der Waals surface area contributed by atoms with Gasteiger partial charge < -0.3 is 20.1 Å². The smallest absolute Gasteiger partial charge is 0.170 e. The highest BCUT2D eigenvalue weighted by molar-refractivity contribution is 7.80. The van der Waals surface area contributed by atoms with Gasteiger partial charge >= 0.3 is 0 Å². The third-order valence-electron chi connectivity index (χ3n) is 3.50. The van der Waals surface area contributed by atoms with E-state index in [-0.39, 0.29) is 6.10 Å². The molecule has 5 nitrogen and oxygen atoms in total. The number of rotatable bonds is 7. The van der Waals surface area contributed by atoms with Crippen molar-refractivity contribution in [2.24, 2.45) is 0 Å². The monoisotopic (exact) mass is 337 g/mol. The van der Waals surface area contributed by atoms with Crippen molar-refractivity contribution in [2.75, 3.05) is 44.7 Å². The minimum absolute atomic E-state index is 0.163. The van der Waals surface area contributed by atoms with Crippen LogP contribution in [0, 0.1) is 0 Å². The lowest BCUT2D eigenvalue weighted by Crippen LogP contribution is -2.38. The molecule has 1 saturated heterocycles. The van der Waals surface area contributed by atoms with E-state index in [1.165, 1.54) is 0 Å². The second-order valence-electron chi connectivity index (χ2n) is 5.88. The highest BCUT2D eigenvalue weighted by Crippen LogP contribution is 2.18. The molecule has 0 radical (unpaired) electrons. The van der Waals surface area contributed by atoms with Gasteiger partial charge in [0.1, 0.15) is 5.75 Å². The Balaban J connectivity index is 1.66. The summed E-state index contributed by atoms with van der Waals surface area (Å²) < 4.78 is 11.0. The van der Waals surface area contributed by atoms with Gasteiger partial charge in [-0.05, 0) is 51.2 Å². The Labute approximate surface area is 144 Å². The third-order valence-corrected chi connectivity index (χ3v) is 3.75. The van der Waals surface area contributed by atoms with Gasteiger partial charge in [0.05, 0.1) is 19.3 Å². The molecule has 23 heavy (non-hydrogen) atoms. The van der Waals surface area contributed by atoms with Gasteiger partial charge in [-0.2, -0.15) is 0 Å². The maximum atomic E-state index is 5.68. The van der Waals surface area contributed by atoms with E-state index in [0.29, 0.717) is 5.11 Å². The van der Waals surface area contributed by atoms with Gasteiger partial charge in [-0.3, -0.25) is 4.90 Å². The van der Waals surface area contributed by atoms with E-state index in [4.69, 9.17) is 21.7 Å². The molecule has 2 N–H and O–H groups in total. The zero-order valence-electron chi connectivity index (χ0n) is 14.0. The first kappa shape index (κ1) is 18.0. The van der Waals surface area contributed by atoms with Crippen LogP contribution in [-0.2, 0) is 4.74 Å². The van der Waals surface area contributed by atoms with Gasteiger partial charge in [-0.15, -0.1) is 0 Å². The quantitative estimate of drug-likeness (QED) is 0.589. The van der Waals surface area contributed by atoms with E-state index in [0.717, 1.165) is 57.3 Å². The van der Waals surface area contributed by atoms with Crippen molar-refractivity contribution in [3.05, 3.63) is 24.3 Å². The molecule has 1 fully saturated rings. The molecule has 0 amide bonds. The lowest BCUT2D eigenvalue weighted by atomic mass is 10.3. The lowest BCUT2D eigenvalue weighted by molar-refractivity contribution is 0.0376. The Morgan fingerprint density at radius 2 is 2.13 bits per heavy atom. The van der Waals surface area contributed by atoms with E-state index in [1.807, 2.05) is 38.1 Å². The maximum absolute atomic E-state index is 5.68. The Morgan fingerprint density at radius 1 is 1.35 bits per heavy atom. The van der Waals surface area contributed by atoms with Gasteiger partial charge in [0.25, 0.3) is 0 Å². The largest absolute Gasteiger partial charge is 0.491 e. The average Bonchev–Trinajstić information content (AvgIpc) is 2.52. The maximum Gasteiger partial charge on any atom is 0.170 e. The van der Waals surface area contributed by atoms with Crippen LogP contribution in [0.15, 0.2) is 24.3 Å². The molecular formula is C17H27N3O2S. The molecule has 6 heteroatoms. The van der Waals surface area contributed by atoms with E-state index >= 15 is 0 Å². The van der Waals surface area contributed by atoms with Crippen LogP contribution < -0.4 is 15.4 Å². The number of morpholine rings is 1. The molecule has 0 aliphatic carbocycles. The normalized spacial score (nSPS) is 15.4. The molecule has 0 unspecified atom stereocenters. The summed E-state index contributed by atoms with van der Waals surface area (Å²) in [5.74, 6) is 0.847. The molecule has 0 aromatic heterocycles. The molecule has 0 atom stereocenters. The fourth-order valence-corrected chi connectivity index (χ4v) is 2.64. The molecule has 2 rings (SSSR count). The first-order valence-electron chi connectivity index (χ1n) is 8.25. The first-order valence-corrected chi connectivity index (χ1v) is 8.66. The van der Waals surface area contributed by atoms with Crippen LogP contribution in [0.1, 0.15) is 20.3 Å². The zero-order chi connectivity index (χ0) is 16.5. The van der Waals surface area contributed by atoms with Crippen molar-refractivity contribution in [3.8, 4) is 5.75 Å². The van der Waals surface area contributed by atoms with Crippen molar-refractivity contribution in [1.29, 1.82) is 0 Å². The number of ether oxygens (including phenoxy) is 2. The lowest BCUT2D eigenvalue weighted by Gasteiger charge is -2.26. The van der Waals surface area contributed by atoms with Crippen LogP contribution >= 0.6 is 12.2 Å². The summed E-state index contributed by atoms with van der Waals surface area (Å²) in [6.07, 6.45) is 1.23. The summed E-state index contributed by atoms with van der Waals surface area (Å²) in [4.78, 5) is 2.42. The second kappa shape index (κ2) is 9.70. The summed E-state index contributed by atoms with van der Waals surface area (Å²) in [6.45, 7) is 9.74. The fraction of sp³-hybridized carbons (Fsp3) is 0.588. The molecule has 0 spiro atoms. The van der Waals surface area contributed by atoms with E-state index in [9.17, 15) is 0 Å². The molecule has 1 aliphatic heterocycles. The van der Waals surface area contributed by atoms with E-state index in [1.54, 1.807) is 0 Å². The minimum atomic E-state index is 0.163. The molecule has 1 heterocycles. The predicted octanol–water partition coefficient (Wildman–Crippen LogP) is 2.48. The highest BCUT2D eigenvalue weighted by atomic mass is 32.1. The van der Waals surface area contributed by atoms with Crippen molar-refractivity contribution in [3.63, 3.8) is 0 Å². The second-order valence-corrected chi connectivity index (χ2v) is 6.29. The molecule has 128 valence electrons. The van der Waals surface area contributed by atoms with Crippen LogP contribution in [0.3, 0.4) is 0 Å². The zero-order valence-corrected chi connectivity index (χ0v) is 14.8. The van der Waals surface area contributed by atoms with Crippen molar-refractivity contribution in [2.45, 2.75) is 26.4 Å². The van der Waals surface area contributed by atoms with Crippen LogP contribution in [0.25, 0.3) is 0 Å². The topological polar surface area (TPSA) is 45.8 Å². The summed E-state index contributed by atoms with van der Waals surface area (Å²) in [5.41, 5.74) is 0.939. The third kappa shape index (κ3) is 7.16. The highest BCUT2D eigenvalue weighted by Gasteiger charge is 2.09. The summed E-state index contributed by atoms with van der Waals surface area (Å²) in [5, 5.41) is 7.10. The Bertz CT molecular complexity index is 490. The van der Waals surface area contributed by atoms with Crippen LogP contribution in [0.4, 0.5) is 5.69 Å². The van der Waals surface area contributed by atoms with Gasteiger partial charge in [0, 0.05) is 31.4 Å². The van der Waals surface area contributed by atoms with Crippen molar-refractivity contribution < 1.29 is 9.47 Å². The van der Waals surface area contributed by atoms with E-state index < -0.39 is 0 Å². The number of thiocarbonyl (C=S) groups is 1. The number of benzene rings is 1. The average molecular weight is 337 g/mol. The molecule has 1 aromatic rings. The molecule has 1 aromatic carbocycles. The van der Waals surface area contributed by atoms with Gasteiger partial charge in [0.15, 0.2) is 5.11 Å². The summed E-state index contributed by atoms with van der Waals surface area (Å²) >= 11 is 5.34. The van der Waals surface area contributed by atoms with Crippen LogP contribution in [0.2, 0.25) is 0 Å². The molecular weight excluding hydrogens is 310 g/mol. The number of hydrogen-bond acceptors (Lipinski definition) is 4. The first-order chi connectivity index (χ1) is 11.1. The van der Waals surface area contributed by atoms with Crippen LogP contribution in [-0.4, -0.2) is 55.5 Å². The molecule has 1 aliphatic rings. The van der Waals surface area contributed by atoms with Gasteiger partial charge in [-0.1, -0.05) is 6.07 Å². The van der Waals surface area contributed by atoms with Gasteiger partial charge in [0.2, 0.25) is 0 Å². The standard InChI is InChI=1S/C17H27N3O2S/c1-14(2)22-16-6-3-5-15(13-16)19-17(23)18-7-4-8-20-9-11-21-12-10-20/h3,5-6,13-14H,4,7-12H2,1-2H3,(H2,18,19,23). The van der Waals surface area contributed by atoms with Gasteiger partial charge in [-0.25, -0.2) is 0 Å². The van der Waals surface area contributed by atoms with Crippen LogP contribution in [0.5, 0.6) is 5.75 Å². The van der Waals surface area contributed by atoms with Crippen molar-refractivity contribution in [1.82, 2.24) is 10.2 Å². The number of nitrogens with zero attached hydrogens (tertiary/aromatic N) is 1. The predicted molar refractivity (Wildman–Crippen MR) is 98.3 cm³/mol. The Morgan fingerprint density at radius 3 is 2.87 bits per heavy atom. The minimum Gasteiger partial charge on any atom is -0.491 e.